The molecule has 148 valence electrons. The van der Waals surface area contributed by atoms with Crippen LogP contribution in [0.15, 0.2) is 30.5 Å². The monoisotopic (exact) mass is 380 g/mol. The highest BCUT2D eigenvalue weighted by atomic mass is 16.5. The first-order valence-corrected chi connectivity index (χ1v) is 9.98. The average molecular weight is 380 g/mol. The Kier molecular flexibility index (Phi) is 4.96. The zero-order chi connectivity index (χ0) is 19.7. The number of anilines is 1. The van der Waals surface area contributed by atoms with Gasteiger partial charge in [0.15, 0.2) is 6.61 Å². The standard InChI is InChI=1S/C22H28N4O2/c1-16-5-7-18(8-6-16)28-14-19(27)26-12-4-10-22(15-26)11-9-17-13-23-21(25(2)3)24-20(17)22/h5-8,13H,4,9-12,14-15H2,1-3H3. The molecule has 0 N–H and O–H groups in total. The highest BCUT2D eigenvalue weighted by Crippen LogP contribution is 2.44. The summed E-state index contributed by atoms with van der Waals surface area (Å²) in [4.78, 5) is 26.1. The lowest BCUT2D eigenvalue weighted by atomic mass is 9.77. The summed E-state index contributed by atoms with van der Waals surface area (Å²) in [5, 5.41) is 0. The van der Waals surface area contributed by atoms with Crippen molar-refractivity contribution < 1.29 is 9.53 Å². The average Bonchev–Trinajstić information content (AvgIpc) is 3.04. The minimum absolute atomic E-state index is 0.0409. The number of benzene rings is 1. The van der Waals surface area contributed by atoms with E-state index in [9.17, 15) is 4.79 Å². The third kappa shape index (κ3) is 3.55. The number of carbonyl (C=O) groups is 1. The maximum Gasteiger partial charge on any atom is 0.260 e. The lowest BCUT2D eigenvalue weighted by Crippen LogP contribution is -2.49. The second kappa shape index (κ2) is 7.41. The van der Waals surface area contributed by atoms with Gasteiger partial charge in [0, 0.05) is 38.8 Å². The molecule has 1 fully saturated rings. The van der Waals surface area contributed by atoms with Crippen molar-refractivity contribution in [1.29, 1.82) is 0 Å². The summed E-state index contributed by atoms with van der Waals surface area (Å²) in [5.41, 5.74) is 3.51. The summed E-state index contributed by atoms with van der Waals surface area (Å²) in [6, 6.07) is 7.81. The van der Waals surface area contributed by atoms with Gasteiger partial charge in [-0.15, -0.1) is 0 Å². The Morgan fingerprint density at radius 2 is 2.04 bits per heavy atom. The molecule has 0 bridgehead atoms. The molecule has 2 heterocycles. The topological polar surface area (TPSA) is 58.6 Å². The van der Waals surface area contributed by atoms with Crippen LogP contribution in [0.3, 0.4) is 0 Å². The third-order valence-electron chi connectivity index (χ3n) is 5.94. The molecular formula is C22H28N4O2. The maximum atomic E-state index is 12.8. The predicted molar refractivity (Wildman–Crippen MR) is 109 cm³/mol. The fraction of sp³-hybridized carbons (Fsp3) is 0.500. The molecule has 6 heteroatoms. The van der Waals surface area contributed by atoms with Crippen LogP contribution in [0.1, 0.15) is 36.1 Å². The summed E-state index contributed by atoms with van der Waals surface area (Å²) in [6.45, 7) is 3.63. The second-order valence-electron chi connectivity index (χ2n) is 8.24. The van der Waals surface area contributed by atoms with E-state index in [4.69, 9.17) is 9.72 Å². The van der Waals surface area contributed by atoms with Crippen molar-refractivity contribution in [2.75, 3.05) is 38.7 Å². The van der Waals surface area contributed by atoms with Crippen molar-refractivity contribution in [3.05, 3.63) is 47.3 Å². The van der Waals surface area contributed by atoms with Gasteiger partial charge in [-0.3, -0.25) is 4.79 Å². The fourth-order valence-electron chi connectivity index (χ4n) is 4.36. The van der Waals surface area contributed by atoms with E-state index in [1.807, 2.05) is 61.3 Å². The second-order valence-corrected chi connectivity index (χ2v) is 8.24. The normalized spacial score (nSPS) is 20.9. The van der Waals surface area contributed by atoms with Crippen LogP contribution in [-0.2, 0) is 16.6 Å². The van der Waals surface area contributed by atoms with Crippen molar-refractivity contribution in [2.24, 2.45) is 0 Å². The number of aromatic nitrogens is 2. The number of aryl methyl sites for hydroxylation is 2. The first kappa shape index (κ1) is 18.7. The highest BCUT2D eigenvalue weighted by Gasteiger charge is 2.44. The summed E-state index contributed by atoms with van der Waals surface area (Å²) < 4.78 is 5.72. The molecule has 1 amide bonds. The molecule has 1 aliphatic heterocycles. The first-order valence-electron chi connectivity index (χ1n) is 9.98. The molecule has 1 unspecified atom stereocenters. The number of hydrogen-bond acceptors (Lipinski definition) is 5. The number of ether oxygens (including phenoxy) is 1. The number of carbonyl (C=O) groups excluding carboxylic acids is 1. The number of fused-ring (bicyclic) bond motifs is 2. The highest BCUT2D eigenvalue weighted by molar-refractivity contribution is 5.78. The van der Waals surface area contributed by atoms with E-state index < -0.39 is 0 Å². The van der Waals surface area contributed by atoms with Gasteiger partial charge in [-0.25, -0.2) is 9.97 Å². The molecule has 0 radical (unpaired) electrons. The number of likely N-dealkylation sites (tertiary alicyclic amines) is 1. The molecule has 1 spiro atoms. The van der Waals surface area contributed by atoms with Crippen LogP contribution in [0.25, 0.3) is 0 Å². The molecule has 1 saturated heterocycles. The number of hydrogen-bond donors (Lipinski definition) is 0. The Bertz CT molecular complexity index is 861. The van der Waals surface area contributed by atoms with E-state index >= 15 is 0 Å². The van der Waals surface area contributed by atoms with E-state index in [1.54, 1.807) is 0 Å². The van der Waals surface area contributed by atoms with Crippen LogP contribution in [0, 0.1) is 6.92 Å². The van der Waals surface area contributed by atoms with Gasteiger partial charge in [-0.2, -0.15) is 0 Å². The van der Waals surface area contributed by atoms with E-state index in [0.29, 0.717) is 0 Å². The Labute approximate surface area is 166 Å². The summed E-state index contributed by atoms with van der Waals surface area (Å²) in [6.07, 6.45) is 6.07. The van der Waals surface area contributed by atoms with Gasteiger partial charge in [0.1, 0.15) is 5.75 Å². The number of piperidine rings is 1. The zero-order valence-corrected chi connectivity index (χ0v) is 16.9. The predicted octanol–water partition coefficient (Wildman–Crippen LogP) is 2.74. The molecular weight excluding hydrogens is 352 g/mol. The van der Waals surface area contributed by atoms with Crippen LogP contribution in [0.4, 0.5) is 5.95 Å². The largest absolute Gasteiger partial charge is 0.484 e. The first-order chi connectivity index (χ1) is 13.5. The third-order valence-corrected chi connectivity index (χ3v) is 5.94. The maximum absolute atomic E-state index is 12.8. The van der Waals surface area contributed by atoms with Crippen LogP contribution in [0.2, 0.25) is 0 Å². The summed E-state index contributed by atoms with van der Waals surface area (Å²) in [7, 11) is 3.92. The molecule has 1 aromatic heterocycles. The fourth-order valence-corrected chi connectivity index (χ4v) is 4.36. The van der Waals surface area contributed by atoms with Gasteiger partial charge in [-0.1, -0.05) is 17.7 Å². The van der Waals surface area contributed by atoms with Crippen LogP contribution in [-0.4, -0.2) is 54.6 Å². The van der Waals surface area contributed by atoms with Gasteiger partial charge >= 0.3 is 0 Å². The smallest absolute Gasteiger partial charge is 0.260 e. The van der Waals surface area contributed by atoms with E-state index in [-0.39, 0.29) is 17.9 Å². The Morgan fingerprint density at radius 3 is 2.79 bits per heavy atom. The molecule has 1 aromatic carbocycles. The molecule has 2 aromatic rings. The van der Waals surface area contributed by atoms with Gasteiger partial charge in [0.25, 0.3) is 5.91 Å². The van der Waals surface area contributed by atoms with Crippen molar-refractivity contribution in [2.45, 2.75) is 38.0 Å². The number of amides is 1. The van der Waals surface area contributed by atoms with E-state index in [2.05, 4.69) is 4.98 Å². The molecule has 2 aliphatic rings. The van der Waals surface area contributed by atoms with Gasteiger partial charge in [0.2, 0.25) is 5.95 Å². The van der Waals surface area contributed by atoms with E-state index in [0.717, 1.165) is 56.2 Å². The molecule has 4 rings (SSSR count). The minimum atomic E-state index is -0.0409. The molecule has 1 atom stereocenters. The van der Waals surface area contributed by atoms with Gasteiger partial charge in [-0.05, 0) is 50.3 Å². The number of nitrogens with zero attached hydrogens (tertiary/aromatic N) is 4. The Morgan fingerprint density at radius 1 is 1.25 bits per heavy atom. The Hall–Kier alpha value is -2.63. The Balaban J connectivity index is 1.47. The molecule has 28 heavy (non-hydrogen) atoms. The molecule has 1 aliphatic carbocycles. The summed E-state index contributed by atoms with van der Waals surface area (Å²) in [5.74, 6) is 1.53. The van der Waals surface area contributed by atoms with Gasteiger partial charge < -0.3 is 14.5 Å². The van der Waals surface area contributed by atoms with Gasteiger partial charge in [0.05, 0.1) is 5.69 Å². The van der Waals surface area contributed by atoms with Crippen molar-refractivity contribution in [3.63, 3.8) is 0 Å². The quantitative estimate of drug-likeness (QED) is 0.816. The molecule has 6 nitrogen and oxygen atoms in total. The van der Waals surface area contributed by atoms with Crippen LogP contribution >= 0.6 is 0 Å². The zero-order valence-electron chi connectivity index (χ0n) is 16.9. The lowest BCUT2D eigenvalue weighted by molar-refractivity contribution is -0.135. The van der Waals surface area contributed by atoms with Crippen LogP contribution < -0.4 is 9.64 Å². The lowest BCUT2D eigenvalue weighted by Gasteiger charge is -2.40. The van der Waals surface area contributed by atoms with Crippen molar-refractivity contribution >= 4 is 11.9 Å². The van der Waals surface area contributed by atoms with E-state index in [1.165, 1.54) is 11.1 Å². The minimum Gasteiger partial charge on any atom is -0.484 e. The van der Waals surface area contributed by atoms with Crippen LogP contribution in [0.5, 0.6) is 5.75 Å². The van der Waals surface area contributed by atoms with Crippen molar-refractivity contribution in [1.82, 2.24) is 14.9 Å². The molecule has 0 saturated carbocycles. The summed E-state index contributed by atoms with van der Waals surface area (Å²) >= 11 is 0. The van der Waals surface area contributed by atoms with Crippen molar-refractivity contribution in [3.8, 4) is 5.75 Å². The number of rotatable bonds is 4. The SMILES string of the molecule is Cc1ccc(OCC(=O)N2CCCC3(CCc4cnc(N(C)C)nc43)C2)cc1.